The van der Waals surface area contributed by atoms with E-state index < -0.39 is 0 Å². The van der Waals surface area contributed by atoms with Crippen LogP contribution in [0.3, 0.4) is 0 Å². The second-order valence-electron chi connectivity index (χ2n) is 2.88. The molecule has 0 bridgehead atoms. The summed E-state index contributed by atoms with van der Waals surface area (Å²) in [7, 11) is 0. The Morgan fingerprint density at radius 1 is 1.38 bits per heavy atom. The molecule has 0 amide bonds. The number of halogens is 1. The van der Waals surface area contributed by atoms with Crippen molar-refractivity contribution in [3.8, 4) is 0 Å². The number of rotatable bonds is 8. The molecule has 0 aliphatic rings. The van der Waals surface area contributed by atoms with Crippen LogP contribution in [0.2, 0.25) is 0 Å². The molecule has 1 N–H and O–H groups in total. The minimum Gasteiger partial charge on any atom is -0.313 e. The van der Waals surface area contributed by atoms with Crippen molar-refractivity contribution < 1.29 is 3.07 Å². The molecule has 13 heavy (non-hydrogen) atoms. The van der Waals surface area contributed by atoms with Crippen LogP contribution in [0.25, 0.3) is 0 Å². The average molecular weight is 293 g/mol. The summed E-state index contributed by atoms with van der Waals surface area (Å²) >= 11 is 1.89. The number of hydrogen-bond acceptors (Lipinski definition) is 2. The predicted octanol–water partition coefficient (Wildman–Crippen LogP) is 3.53. The lowest BCUT2D eigenvalue weighted by molar-refractivity contribution is 0.295. The predicted molar refractivity (Wildman–Crippen MR) is 65.4 cm³/mol. The Morgan fingerprint density at radius 2 is 2.08 bits per heavy atom. The highest BCUT2D eigenvalue weighted by Gasteiger charge is 2.10. The van der Waals surface area contributed by atoms with Crippen LogP contribution in [0, 0.1) is 11.3 Å². The highest BCUT2D eigenvalue weighted by atomic mass is 127. The average Bonchev–Trinajstić information content (AvgIpc) is 2.19. The van der Waals surface area contributed by atoms with Gasteiger partial charge in [0.2, 0.25) is 0 Å². The second kappa shape index (κ2) is 8.44. The van der Waals surface area contributed by atoms with E-state index in [9.17, 15) is 0 Å². The topological polar surface area (TPSA) is 33.1 Å². The van der Waals surface area contributed by atoms with Crippen molar-refractivity contribution in [3.05, 3.63) is 25.3 Å². The Morgan fingerprint density at radius 3 is 2.46 bits per heavy atom. The molecule has 3 heteroatoms. The van der Waals surface area contributed by atoms with Crippen molar-refractivity contribution in [2.75, 3.05) is 0 Å². The highest BCUT2D eigenvalue weighted by Crippen LogP contribution is 2.18. The first-order valence-electron chi connectivity index (χ1n) is 4.29. The molecule has 0 radical (unpaired) electrons. The normalized spacial score (nSPS) is 14.5. The zero-order valence-corrected chi connectivity index (χ0v) is 9.87. The van der Waals surface area contributed by atoms with Gasteiger partial charge in [-0.2, -0.15) is 0 Å². The fourth-order valence-electron chi connectivity index (χ4n) is 1.10. The lowest BCUT2D eigenvalue weighted by Crippen LogP contribution is -2.10. The Kier molecular flexibility index (Phi) is 8.33. The maximum Gasteiger partial charge on any atom is 0.110 e. The fraction of sp³-hybridized carbons (Fsp3) is 0.500. The van der Waals surface area contributed by atoms with Gasteiger partial charge in [-0.1, -0.05) is 12.2 Å². The molecule has 0 fully saturated rings. The van der Waals surface area contributed by atoms with E-state index in [0.29, 0.717) is 5.92 Å². The third-order valence-electron chi connectivity index (χ3n) is 1.93. The van der Waals surface area contributed by atoms with E-state index in [1.54, 1.807) is 6.08 Å². The van der Waals surface area contributed by atoms with Crippen LogP contribution in [0.5, 0.6) is 0 Å². The van der Waals surface area contributed by atoms with E-state index in [4.69, 9.17) is 8.48 Å². The van der Waals surface area contributed by atoms with E-state index in [-0.39, 0.29) is 6.10 Å². The van der Waals surface area contributed by atoms with Gasteiger partial charge in [-0.25, -0.2) is 0 Å². The smallest absolute Gasteiger partial charge is 0.110 e. The fourth-order valence-corrected chi connectivity index (χ4v) is 1.51. The Balaban J connectivity index is 3.86. The standard InChI is InChI=1S/C10H16INO/c1-3-9(6-5-7-12)8-10(4-2)13-11/h3-4,7,9-10,12H,1-2,5-6,8H2/t9-,10-/m1/s1. The first-order valence-corrected chi connectivity index (χ1v) is 5.18. The molecule has 0 saturated heterocycles. The molecule has 2 atom stereocenters. The Labute approximate surface area is 94.3 Å². The molecular formula is C10H16INO. The first-order chi connectivity index (χ1) is 6.28. The maximum absolute atomic E-state index is 6.93. The minimum atomic E-state index is 0.0920. The molecule has 0 unspecified atom stereocenters. The van der Waals surface area contributed by atoms with Crippen molar-refractivity contribution in [1.29, 1.82) is 5.41 Å². The van der Waals surface area contributed by atoms with E-state index in [1.807, 2.05) is 29.1 Å². The number of allylic oxidation sites excluding steroid dienone is 1. The second-order valence-corrected chi connectivity index (χ2v) is 3.38. The van der Waals surface area contributed by atoms with E-state index in [1.165, 1.54) is 6.21 Å². The zero-order valence-electron chi connectivity index (χ0n) is 7.71. The lowest BCUT2D eigenvalue weighted by Gasteiger charge is -2.15. The van der Waals surface area contributed by atoms with Gasteiger partial charge < -0.3 is 8.48 Å². The quantitative estimate of drug-likeness (QED) is 0.414. The van der Waals surface area contributed by atoms with Crippen molar-refractivity contribution in [2.45, 2.75) is 25.4 Å². The van der Waals surface area contributed by atoms with Gasteiger partial charge in [-0.15, -0.1) is 13.2 Å². The van der Waals surface area contributed by atoms with Gasteiger partial charge in [0, 0.05) is 0 Å². The molecular weight excluding hydrogens is 277 g/mol. The summed E-state index contributed by atoms with van der Waals surface area (Å²) in [6.07, 6.45) is 7.94. The molecule has 0 aliphatic carbocycles. The van der Waals surface area contributed by atoms with Gasteiger partial charge in [-0.05, 0) is 31.4 Å². The minimum absolute atomic E-state index is 0.0920. The van der Waals surface area contributed by atoms with E-state index in [2.05, 4.69) is 13.2 Å². The Bertz CT molecular complexity index is 170. The summed E-state index contributed by atoms with van der Waals surface area (Å²) in [5.41, 5.74) is 0. The number of hydrogen-bond donors (Lipinski definition) is 1. The monoisotopic (exact) mass is 293 g/mol. The van der Waals surface area contributed by atoms with Gasteiger partial charge in [0.1, 0.15) is 23.0 Å². The summed E-state index contributed by atoms with van der Waals surface area (Å²) in [4.78, 5) is 0. The molecule has 0 aromatic carbocycles. The van der Waals surface area contributed by atoms with Crippen LogP contribution in [0.15, 0.2) is 25.3 Å². The Hall–Kier alpha value is -0.160. The molecule has 0 spiro atoms. The molecule has 0 saturated carbocycles. The van der Waals surface area contributed by atoms with E-state index in [0.717, 1.165) is 19.3 Å². The van der Waals surface area contributed by atoms with Gasteiger partial charge in [-0.3, -0.25) is 0 Å². The molecule has 0 aliphatic heterocycles. The van der Waals surface area contributed by atoms with Gasteiger partial charge in [0.25, 0.3) is 0 Å². The summed E-state index contributed by atoms with van der Waals surface area (Å²) in [5.74, 6) is 0.416. The van der Waals surface area contributed by atoms with Gasteiger partial charge in [0.15, 0.2) is 0 Å². The third kappa shape index (κ3) is 5.99. The van der Waals surface area contributed by atoms with Gasteiger partial charge >= 0.3 is 0 Å². The SMILES string of the molecule is C=C[C@H](CCC=N)C[C@@H](C=C)OI. The van der Waals surface area contributed by atoms with Crippen molar-refractivity contribution in [3.63, 3.8) is 0 Å². The zero-order chi connectivity index (χ0) is 10.1. The molecule has 0 aromatic heterocycles. The van der Waals surface area contributed by atoms with Crippen LogP contribution >= 0.6 is 23.0 Å². The van der Waals surface area contributed by atoms with E-state index >= 15 is 0 Å². The van der Waals surface area contributed by atoms with Gasteiger partial charge in [0.05, 0.1) is 6.10 Å². The largest absolute Gasteiger partial charge is 0.313 e. The number of nitrogens with one attached hydrogen (secondary N) is 1. The summed E-state index contributed by atoms with van der Waals surface area (Å²) < 4.78 is 5.16. The molecule has 2 nitrogen and oxygen atoms in total. The summed E-state index contributed by atoms with van der Waals surface area (Å²) in [6.45, 7) is 7.46. The summed E-state index contributed by atoms with van der Waals surface area (Å²) in [5, 5.41) is 6.93. The molecule has 74 valence electrons. The van der Waals surface area contributed by atoms with Crippen LogP contribution in [0.1, 0.15) is 19.3 Å². The first kappa shape index (κ1) is 12.8. The highest BCUT2D eigenvalue weighted by molar-refractivity contribution is 14.1. The molecule has 0 heterocycles. The van der Waals surface area contributed by atoms with Crippen LogP contribution in [-0.2, 0) is 3.07 Å². The van der Waals surface area contributed by atoms with Crippen molar-refractivity contribution in [2.24, 2.45) is 5.92 Å². The van der Waals surface area contributed by atoms with Crippen LogP contribution in [0.4, 0.5) is 0 Å². The van der Waals surface area contributed by atoms with Crippen molar-refractivity contribution >= 4 is 29.2 Å². The van der Waals surface area contributed by atoms with Crippen LogP contribution in [-0.4, -0.2) is 12.3 Å². The molecule has 0 rings (SSSR count). The molecule has 0 aromatic rings. The third-order valence-corrected chi connectivity index (χ3v) is 2.58. The summed E-state index contributed by atoms with van der Waals surface area (Å²) in [6, 6.07) is 0. The van der Waals surface area contributed by atoms with Crippen LogP contribution < -0.4 is 0 Å². The maximum atomic E-state index is 6.93. The van der Waals surface area contributed by atoms with Crippen molar-refractivity contribution in [1.82, 2.24) is 0 Å². The lowest BCUT2D eigenvalue weighted by atomic mass is 9.97.